The van der Waals surface area contributed by atoms with Crippen LogP contribution in [0, 0.1) is 0 Å². The molecule has 0 fully saturated rings. The molecule has 1 amide bonds. The van der Waals surface area contributed by atoms with Crippen molar-refractivity contribution in [2.24, 2.45) is 0 Å². The maximum absolute atomic E-state index is 12.8. The Morgan fingerprint density at radius 2 is 1.56 bits per heavy atom. The molecule has 0 N–H and O–H groups in total. The number of alkyl halides is 2. The Morgan fingerprint density at radius 3 is 2.22 bits per heavy atom. The summed E-state index contributed by atoms with van der Waals surface area (Å²) in [5.41, 5.74) is 2.63. The molecule has 0 atom stereocenters. The summed E-state index contributed by atoms with van der Waals surface area (Å²) in [7, 11) is 0. The number of nitrogens with zero attached hydrogens (tertiary/aromatic N) is 2. The number of Topliss-reactive ketones (excluding diaryl/α,β-unsaturated/α-hetero) is 1. The second-order valence-electron chi connectivity index (χ2n) is 7.69. The molecular weight excluding hydrogens is 566 g/mol. The summed E-state index contributed by atoms with van der Waals surface area (Å²) in [4.78, 5) is 25.5. The minimum Gasteiger partial charge on any atom is -0.356 e. The first-order valence-electron chi connectivity index (χ1n) is 10.6. The van der Waals surface area contributed by atoms with Crippen LogP contribution < -0.4 is 4.90 Å². The summed E-state index contributed by atoms with van der Waals surface area (Å²) in [6.07, 6.45) is 0.0511. The van der Waals surface area contributed by atoms with Gasteiger partial charge in [-0.1, -0.05) is 81.4 Å². The van der Waals surface area contributed by atoms with Crippen LogP contribution in [0.2, 0.25) is 15.1 Å². The number of hydrogen-bond donors (Lipinski definition) is 0. The van der Waals surface area contributed by atoms with Crippen LogP contribution in [0.15, 0.2) is 77.3 Å². The van der Waals surface area contributed by atoms with Crippen molar-refractivity contribution in [3.05, 3.63) is 93.4 Å². The molecule has 184 valence electrons. The summed E-state index contributed by atoms with van der Waals surface area (Å²) in [6, 6.07) is 20.4. The van der Waals surface area contributed by atoms with Gasteiger partial charge in [0, 0.05) is 46.4 Å². The van der Waals surface area contributed by atoms with Gasteiger partial charge in [0.05, 0.1) is 10.0 Å². The molecule has 1 heterocycles. The van der Waals surface area contributed by atoms with Gasteiger partial charge in [-0.3, -0.25) is 9.59 Å². The minimum atomic E-state index is -1.31. The molecule has 5 nitrogen and oxygen atoms in total. The Kier molecular flexibility index (Phi) is 8.60. The van der Waals surface area contributed by atoms with E-state index in [0.717, 1.165) is 0 Å². The molecule has 0 saturated heterocycles. The van der Waals surface area contributed by atoms with Gasteiger partial charge in [-0.05, 0) is 48.5 Å². The van der Waals surface area contributed by atoms with E-state index in [9.17, 15) is 9.59 Å². The molecular formula is C26H17Cl5N2O3. The van der Waals surface area contributed by atoms with Gasteiger partial charge >= 0.3 is 0 Å². The van der Waals surface area contributed by atoms with Crippen LogP contribution in [0.1, 0.15) is 16.8 Å². The lowest BCUT2D eigenvalue weighted by molar-refractivity contribution is -0.117. The van der Waals surface area contributed by atoms with Gasteiger partial charge in [0.15, 0.2) is 16.4 Å². The van der Waals surface area contributed by atoms with Gasteiger partial charge in [0.2, 0.25) is 0 Å². The highest BCUT2D eigenvalue weighted by Crippen LogP contribution is 2.36. The molecule has 0 bridgehead atoms. The van der Waals surface area contributed by atoms with Crippen molar-refractivity contribution in [1.82, 2.24) is 5.16 Å². The van der Waals surface area contributed by atoms with E-state index in [-0.39, 0.29) is 18.7 Å². The van der Waals surface area contributed by atoms with Crippen molar-refractivity contribution in [2.75, 3.05) is 11.4 Å². The molecule has 3 aromatic carbocycles. The first-order valence-corrected chi connectivity index (χ1v) is 12.6. The van der Waals surface area contributed by atoms with Crippen molar-refractivity contribution in [1.29, 1.82) is 0 Å². The Morgan fingerprint density at radius 1 is 0.889 bits per heavy atom. The van der Waals surface area contributed by atoms with Crippen LogP contribution in [-0.4, -0.2) is 28.2 Å². The second-order valence-corrected chi connectivity index (χ2v) is 10.0. The number of rotatable bonds is 8. The van der Waals surface area contributed by atoms with E-state index in [1.807, 2.05) is 0 Å². The number of benzene rings is 3. The standard InChI is InChI=1S/C26H17Cl5N2O3/c27-17-9-7-15(8-10-17)22(34)11-12-33(26(35)25(30)31)18-4-1-3-16(13-18)23-14-21(32-36-23)24-19(28)5-2-6-20(24)29/h1-10,13-14,25H,11-12H2. The van der Waals surface area contributed by atoms with Gasteiger partial charge < -0.3 is 9.42 Å². The second kappa shape index (κ2) is 11.7. The van der Waals surface area contributed by atoms with Crippen molar-refractivity contribution in [3.63, 3.8) is 0 Å². The lowest BCUT2D eigenvalue weighted by Gasteiger charge is -2.23. The first kappa shape index (κ1) is 26.5. The predicted octanol–water partition coefficient (Wildman–Crippen LogP) is 8.38. The van der Waals surface area contributed by atoms with Gasteiger partial charge in [-0.25, -0.2) is 0 Å². The molecule has 0 spiro atoms. The van der Waals surface area contributed by atoms with Crippen LogP contribution in [0.25, 0.3) is 22.6 Å². The fraction of sp³-hybridized carbons (Fsp3) is 0.115. The normalized spacial score (nSPS) is 11.1. The number of hydrogen-bond acceptors (Lipinski definition) is 4. The van der Waals surface area contributed by atoms with E-state index in [1.165, 1.54) is 4.90 Å². The molecule has 1 aromatic heterocycles. The van der Waals surface area contributed by atoms with Crippen molar-refractivity contribution >= 4 is 75.4 Å². The lowest BCUT2D eigenvalue weighted by atomic mass is 10.1. The molecule has 0 radical (unpaired) electrons. The van der Waals surface area contributed by atoms with E-state index in [0.29, 0.717) is 48.9 Å². The topological polar surface area (TPSA) is 63.4 Å². The Labute approximate surface area is 232 Å². The minimum absolute atomic E-state index is 0.0511. The number of amides is 1. The number of carbonyl (C=O) groups is 2. The van der Waals surface area contributed by atoms with Crippen molar-refractivity contribution in [3.8, 4) is 22.6 Å². The largest absolute Gasteiger partial charge is 0.356 e. The molecule has 4 aromatic rings. The average Bonchev–Trinajstić information content (AvgIpc) is 3.34. The summed E-state index contributed by atoms with van der Waals surface area (Å²) in [5, 5.41) is 5.51. The Balaban J connectivity index is 1.60. The molecule has 0 aliphatic carbocycles. The highest BCUT2D eigenvalue weighted by molar-refractivity contribution is 6.54. The predicted molar refractivity (Wildman–Crippen MR) is 146 cm³/mol. The van der Waals surface area contributed by atoms with Crippen LogP contribution >= 0.6 is 58.0 Å². The number of ketones is 1. The first-order chi connectivity index (χ1) is 17.2. The van der Waals surface area contributed by atoms with Gasteiger partial charge in [0.1, 0.15) is 5.69 Å². The summed E-state index contributed by atoms with van der Waals surface area (Å²) in [6.45, 7) is 0.0660. The van der Waals surface area contributed by atoms with Gasteiger partial charge in [-0.15, -0.1) is 0 Å². The van der Waals surface area contributed by atoms with E-state index < -0.39 is 10.7 Å². The Hall–Kier alpha value is -2.54. The monoisotopic (exact) mass is 580 g/mol. The summed E-state index contributed by atoms with van der Waals surface area (Å²) in [5.74, 6) is -0.279. The Bertz CT molecular complexity index is 1380. The van der Waals surface area contributed by atoms with E-state index in [4.69, 9.17) is 62.5 Å². The van der Waals surface area contributed by atoms with Crippen LogP contribution in [0.5, 0.6) is 0 Å². The van der Waals surface area contributed by atoms with Crippen LogP contribution in [0.4, 0.5) is 5.69 Å². The number of anilines is 1. The molecule has 0 aliphatic rings. The number of aromatic nitrogens is 1. The maximum atomic E-state index is 12.8. The molecule has 0 saturated carbocycles. The molecule has 36 heavy (non-hydrogen) atoms. The van der Waals surface area contributed by atoms with Crippen molar-refractivity contribution in [2.45, 2.75) is 11.3 Å². The zero-order chi connectivity index (χ0) is 25.8. The molecule has 0 aliphatic heterocycles. The van der Waals surface area contributed by atoms with Crippen molar-refractivity contribution < 1.29 is 14.1 Å². The van der Waals surface area contributed by atoms with E-state index >= 15 is 0 Å². The quantitative estimate of drug-likeness (QED) is 0.155. The fourth-order valence-electron chi connectivity index (χ4n) is 3.58. The third-order valence-corrected chi connectivity index (χ3v) is 6.61. The SMILES string of the molecule is O=C(CCN(C(=O)C(Cl)Cl)c1cccc(-c2cc(-c3c(Cl)cccc3Cl)no2)c1)c1ccc(Cl)cc1. The highest BCUT2D eigenvalue weighted by atomic mass is 35.5. The number of halogens is 5. The molecule has 4 rings (SSSR count). The zero-order valence-corrected chi connectivity index (χ0v) is 22.2. The average molecular weight is 583 g/mol. The molecule has 0 unspecified atom stereocenters. The zero-order valence-electron chi connectivity index (χ0n) is 18.4. The molecule has 10 heteroatoms. The maximum Gasteiger partial charge on any atom is 0.260 e. The third kappa shape index (κ3) is 6.05. The van der Waals surface area contributed by atoms with Crippen LogP contribution in [0.3, 0.4) is 0 Å². The fourth-order valence-corrected chi connectivity index (χ4v) is 4.53. The third-order valence-electron chi connectivity index (χ3n) is 5.35. The van der Waals surface area contributed by atoms with E-state index in [1.54, 1.807) is 72.8 Å². The highest BCUT2D eigenvalue weighted by Gasteiger charge is 2.24. The smallest absolute Gasteiger partial charge is 0.260 e. The number of carbonyl (C=O) groups excluding carboxylic acids is 2. The van der Waals surface area contributed by atoms with Gasteiger partial charge in [0.25, 0.3) is 5.91 Å². The van der Waals surface area contributed by atoms with E-state index in [2.05, 4.69) is 5.16 Å². The lowest BCUT2D eigenvalue weighted by Crippen LogP contribution is -2.36. The summed E-state index contributed by atoms with van der Waals surface area (Å²) < 4.78 is 5.54. The summed E-state index contributed by atoms with van der Waals surface area (Å²) >= 11 is 30.3. The van der Waals surface area contributed by atoms with Crippen LogP contribution in [-0.2, 0) is 4.79 Å². The van der Waals surface area contributed by atoms with Gasteiger partial charge in [-0.2, -0.15) is 0 Å².